The lowest BCUT2D eigenvalue weighted by molar-refractivity contribution is -0.128. The molecule has 1 amide bonds. The van der Waals surface area contributed by atoms with Gasteiger partial charge in [-0.1, -0.05) is 49.0 Å². The molecule has 218 valence electrons. The fourth-order valence-corrected chi connectivity index (χ4v) is 6.75. The van der Waals surface area contributed by atoms with E-state index in [0.29, 0.717) is 44.8 Å². The fraction of sp³-hybridized carbons (Fsp3) is 0.455. The summed E-state index contributed by atoms with van der Waals surface area (Å²) in [5, 5.41) is 12.0. The lowest BCUT2D eigenvalue weighted by Gasteiger charge is -2.41. The molecule has 3 aliphatic rings. The molecule has 1 aromatic heterocycles. The van der Waals surface area contributed by atoms with Crippen molar-refractivity contribution in [3.05, 3.63) is 71.9 Å². The van der Waals surface area contributed by atoms with Crippen LogP contribution in [-0.2, 0) is 17.9 Å². The minimum Gasteiger partial charge on any atom is -0.462 e. The van der Waals surface area contributed by atoms with Gasteiger partial charge in [-0.3, -0.25) is 9.69 Å². The molecular formula is C33H39N7O2. The van der Waals surface area contributed by atoms with E-state index in [1.54, 1.807) is 4.90 Å². The van der Waals surface area contributed by atoms with E-state index in [2.05, 4.69) is 83.8 Å². The molecule has 0 N–H and O–H groups in total. The predicted octanol–water partition coefficient (Wildman–Crippen LogP) is 4.30. The maximum absolute atomic E-state index is 12.5. The minimum atomic E-state index is -0.233. The summed E-state index contributed by atoms with van der Waals surface area (Å²) in [7, 11) is 2.14. The zero-order valence-electron chi connectivity index (χ0n) is 24.6. The lowest BCUT2D eigenvalue weighted by atomic mass is 9.99. The van der Waals surface area contributed by atoms with Crippen molar-refractivity contribution < 1.29 is 9.53 Å². The third-order valence-corrected chi connectivity index (χ3v) is 9.23. The summed E-state index contributed by atoms with van der Waals surface area (Å²) in [6, 6.07) is 18.0. The van der Waals surface area contributed by atoms with Gasteiger partial charge in [0.1, 0.15) is 12.4 Å². The molecule has 2 fully saturated rings. The van der Waals surface area contributed by atoms with Crippen molar-refractivity contribution in [3.63, 3.8) is 0 Å². The van der Waals surface area contributed by atoms with E-state index in [1.165, 1.54) is 28.8 Å². The maximum Gasteiger partial charge on any atom is 0.318 e. The SMILES string of the molecule is C=CC(=O)N1CCN(c2nc(OC[C@@H]3CCCN3C)nc3c2CN(C(C)c2cccc4ccccc24)C3)C[C@@H]1CC#N. The number of hydrogen-bond acceptors (Lipinski definition) is 8. The Hall–Kier alpha value is -4.00. The number of carbonyl (C=O) groups excluding carboxylic acids is 1. The smallest absolute Gasteiger partial charge is 0.318 e. The molecule has 2 saturated heterocycles. The average molecular weight is 566 g/mol. The Morgan fingerprint density at radius 1 is 1.14 bits per heavy atom. The quantitative estimate of drug-likeness (QED) is 0.374. The molecule has 0 spiro atoms. The Bertz CT molecular complexity index is 1510. The number of nitrogens with zero attached hydrogens (tertiary/aromatic N) is 7. The summed E-state index contributed by atoms with van der Waals surface area (Å²) < 4.78 is 6.27. The molecule has 4 heterocycles. The van der Waals surface area contributed by atoms with Gasteiger partial charge in [-0.15, -0.1) is 0 Å². The molecule has 42 heavy (non-hydrogen) atoms. The predicted molar refractivity (Wildman–Crippen MR) is 163 cm³/mol. The number of amides is 1. The second-order valence-electron chi connectivity index (χ2n) is 11.7. The first-order chi connectivity index (χ1) is 20.5. The zero-order chi connectivity index (χ0) is 29.2. The van der Waals surface area contributed by atoms with Gasteiger partial charge in [0.15, 0.2) is 0 Å². The lowest BCUT2D eigenvalue weighted by Crippen LogP contribution is -2.55. The number of hydrogen-bond donors (Lipinski definition) is 0. The number of rotatable bonds is 8. The largest absolute Gasteiger partial charge is 0.462 e. The summed E-state index contributed by atoms with van der Waals surface area (Å²) in [6.45, 7) is 10.6. The van der Waals surface area contributed by atoms with Crippen LogP contribution in [0.3, 0.4) is 0 Å². The van der Waals surface area contributed by atoms with Crippen LogP contribution < -0.4 is 9.64 Å². The second kappa shape index (κ2) is 12.1. The minimum absolute atomic E-state index is 0.136. The van der Waals surface area contributed by atoms with Gasteiger partial charge in [0.05, 0.1) is 24.2 Å². The molecule has 6 rings (SSSR count). The van der Waals surface area contributed by atoms with Gasteiger partial charge in [0, 0.05) is 50.4 Å². The highest BCUT2D eigenvalue weighted by Crippen LogP contribution is 2.38. The number of likely N-dealkylation sites (N-methyl/N-ethyl adjacent to an activating group) is 1. The molecular weight excluding hydrogens is 526 g/mol. The number of fused-ring (bicyclic) bond motifs is 2. The molecule has 1 unspecified atom stereocenters. The van der Waals surface area contributed by atoms with E-state index < -0.39 is 0 Å². The highest BCUT2D eigenvalue weighted by atomic mass is 16.5. The van der Waals surface area contributed by atoms with Crippen LogP contribution in [0, 0.1) is 11.3 Å². The van der Waals surface area contributed by atoms with Crippen molar-refractivity contribution in [2.45, 2.75) is 57.4 Å². The van der Waals surface area contributed by atoms with E-state index in [9.17, 15) is 10.1 Å². The first kappa shape index (κ1) is 28.1. The normalized spacial score (nSPS) is 21.7. The number of aromatic nitrogens is 2. The average Bonchev–Trinajstić information content (AvgIpc) is 3.64. The summed E-state index contributed by atoms with van der Waals surface area (Å²) in [5.41, 5.74) is 3.39. The van der Waals surface area contributed by atoms with E-state index >= 15 is 0 Å². The maximum atomic E-state index is 12.5. The molecule has 3 aromatic rings. The van der Waals surface area contributed by atoms with E-state index in [4.69, 9.17) is 14.7 Å². The number of nitriles is 1. The number of ether oxygens (including phenoxy) is 1. The molecule has 9 heteroatoms. The van der Waals surface area contributed by atoms with Crippen LogP contribution >= 0.6 is 0 Å². The monoisotopic (exact) mass is 565 g/mol. The van der Waals surface area contributed by atoms with Gasteiger partial charge in [-0.2, -0.15) is 15.2 Å². The van der Waals surface area contributed by atoms with Crippen LogP contribution in [0.25, 0.3) is 10.8 Å². The van der Waals surface area contributed by atoms with Crippen molar-refractivity contribution in [3.8, 4) is 12.1 Å². The Labute approximate surface area is 248 Å². The topological polar surface area (TPSA) is 88.8 Å². The molecule has 0 aliphatic carbocycles. The second-order valence-corrected chi connectivity index (χ2v) is 11.7. The molecule has 9 nitrogen and oxygen atoms in total. The highest BCUT2D eigenvalue weighted by molar-refractivity contribution is 5.87. The molecule has 3 atom stereocenters. The first-order valence-corrected chi connectivity index (χ1v) is 15.0. The Morgan fingerprint density at radius 3 is 2.76 bits per heavy atom. The number of carbonyl (C=O) groups is 1. The van der Waals surface area contributed by atoms with Crippen LogP contribution in [-0.4, -0.2) is 82.5 Å². The van der Waals surface area contributed by atoms with Gasteiger partial charge in [-0.25, -0.2) is 0 Å². The van der Waals surface area contributed by atoms with Crippen LogP contribution in [0.1, 0.15) is 49.0 Å². The van der Waals surface area contributed by atoms with Crippen molar-refractivity contribution in [1.82, 2.24) is 24.7 Å². The molecule has 3 aliphatic heterocycles. The molecule has 0 saturated carbocycles. The number of benzene rings is 2. The highest BCUT2D eigenvalue weighted by Gasteiger charge is 2.35. The first-order valence-electron chi connectivity index (χ1n) is 15.0. The van der Waals surface area contributed by atoms with Gasteiger partial charge in [-0.05, 0) is 55.8 Å². The number of likely N-dealkylation sites (tertiary alicyclic amines) is 1. The molecule has 0 bridgehead atoms. The van der Waals surface area contributed by atoms with Crippen molar-refractivity contribution in [2.75, 3.05) is 44.7 Å². The van der Waals surface area contributed by atoms with Gasteiger partial charge < -0.3 is 19.4 Å². The summed E-state index contributed by atoms with van der Waals surface area (Å²) in [6.07, 6.45) is 3.88. The summed E-state index contributed by atoms with van der Waals surface area (Å²) in [5.74, 6) is 0.721. The zero-order valence-corrected chi connectivity index (χ0v) is 24.6. The van der Waals surface area contributed by atoms with E-state index in [1.807, 2.05) is 0 Å². The standard InChI is InChI=1S/C33H39N7O2/c1-4-31(41)40-18-17-38(19-25(40)14-15-34)32-29-20-39(23(2)27-13-7-10-24-9-5-6-12-28(24)27)21-30(29)35-33(36-32)42-22-26-11-8-16-37(26)3/h4-7,9-10,12-13,23,25-26H,1,8,11,14,16-22H2,2-3H3/t23?,25-,26-/m0/s1. The van der Waals surface area contributed by atoms with E-state index in [0.717, 1.165) is 36.6 Å². The van der Waals surface area contributed by atoms with E-state index in [-0.39, 0.29) is 24.4 Å². The van der Waals surface area contributed by atoms with Crippen molar-refractivity contribution in [1.29, 1.82) is 5.26 Å². The third-order valence-electron chi connectivity index (χ3n) is 9.23. The van der Waals surface area contributed by atoms with Crippen molar-refractivity contribution >= 4 is 22.5 Å². The Balaban J connectivity index is 1.31. The van der Waals surface area contributed by atoms with Crippen LogP contribution in [0.5, 0.6) is 6.01 Å². The van der Waals surface area contributed by atoms with Crippen molar-refractivity contribution in [2.24, 2.45) is 0 Å². The summed E-state index contributed by atoms with van der Waals surface area (Å²) >= 11 is 0. The van der Waals surface area contributed by atoms with Crippen LogP contribution in [0.4, 0.5) is 5.82 Å². The Kier molecular flexibility index (Phi) is 8.09. The number of anilines is 1. The van der Waals surface area contributed by atoms with Crippen LogP contribution in [0.2, 0.25) is 0 Å². The fourth-order valence-electron chi connectivity index (χ4n) is 6.75. The number of piperazine rings is 1. The summed E-state index contributed by atoms with van der Waals surface area (Å²) in [4.78, 5) is 31.2. The van der Waals surface area contributed by atoms with Gasteiger partial charge in [0.2, 0.25) is 5.91 Å². The third kappa shape index (κ3) is 5.44. The van der Waals surface area contributed by atoms with Crippen LogP contribution in [0.15, 0.2) is 55.1 Å². The Morgan fingerprint density at radius 2 is 1.98 bits per heavy atom. The molecule has 2 aromatic carbocycles. The molecule has 0 radical (unpaired) electrons. The van der Waals surface area contributed by atoms with Gasteiger partial charge in [0.25, 0.3) is 0 Å². The van der Waals surface area contributed by atoms with Gasteiger partial charge >= 0.3 is 6.01 Å².